The molecule has 0 radical (unpaired) electrons. The van der Waals surface area contributed by atoms with Crippen molar-refractivity contribution in [2.45, 2.75) is 32.2 Å². The van der Waals surface area contributed by atoms with Gasteiger partial charge in [0.05, 0.1) is 35.5 Å². The van der Waals surface area contributed by atoms with E-state index in [4.69, 9.17) is 0 Å². The van der Waals surface area contributed by atoms with Gasteiger partial charge in [-0.05, 0) is 31.9 Å². The molecule has 2 aromatic heterocycles. The van der Waals surface area contributed by atoms with E-state index in [1.54, 1.807) is 19.2 Å². The van der Waals surface area contributed by atoms with Gasteiger partial charge in [0.1, 0.15) is 0 Å². The summed E-state index contributed by atoms with van der Waals surface area (Å²) in [5.74, 6) is 0.615. The highest BCUT2D eigenvalue weighted by Gasteiger charge is 2.26. The van der Waals surface area contributed by atoms with Gasteiger partial charge in [-0.25, -0.2) is 4.79 Å². The van der Waals surface area contributed by atoms with Crippen LogP contribution in [-0.4, -0.2) is 26.0 Å². The van der Waals surface area contributed by atoms with E-state index in [-0.39, 0.29) is 6.03 Å². The minimum absolute atomic E-state index is 0.264. The van der Waals surface area contributed by atoms with Gasteiger partial charge in [-0.1, -0.05) is 0 Å². The van der Waals surface area contributed by atoms with Crippen molar-refractivity contribution in [1.82, 2.24) is 25.3 Å². The van der Waals surface area contributed by atoms with E-state index in [1.165, 1.54) is 12.8 Å². The number of anilines is 1. The van der Waals surface area contributed by atoms with Gasteiger partial charge >= 0.3 is 6.03 Å². The van der Waals surface area contributed by atoms with Crippen LogP contribution in [0.25, 0.3) is 0 Å². The third-order valence-corrected chi connectivity index (χ3v) is 3.57. The van der Waals surface area contributed by atoms with Crippen LogP contribution < -0.4 is 10.6 Å². The summed E-state index contributed by atoms with van der Waals surface area (Å²) in [6.45, 7) is 2.24. The summed E-state index contributed by atoms with van der Waals surface area (Å²) < 4.78 is 1.83. The maximum absolute atomic E-state index is 11.9. The normalized spacial score (nSPS) is 14.0. The lowest BCUT2D eigenvalue weighted by Crippen LogP contribution is -2.29. The molecule has 1 aliphatic carbocycles. The second kappa shape index (κ2) is 5.51. The van der Waals surface area contributed by atoms with Crippen LogP contribution in [0.3, 0.4) is 0 Å². The number of rotatable bonds is 4. The number of carbonyl (C=O) groups excluding carboxylic acids is 1. The standard InChI is InChI=1S/C14H18N6O/c1-9-12(5-6-16-18-9)17-14(21)15-8-11-7-13(10-3-4-10)19-20(11)2/h5-7,10H,3-4,8H2,1-2H3,(H2,15,16,17,21). The fraction of sp³-hybridized carbons (Fsp3) is 0.429. The van der Waals surface area contributed by atoms with Gasteiger partial charge < -0.3 is 10.6 Å². The first-order valence-electron chi connectivity index (χ1n) is 6.99. The molecule has 0 aliphatic heterocycles. The van der Waals surface area contributed by atoms with Crippen LogP contribution >= 0.6 is 0 Å². The number of aryl methyl sites for hydroxylation is 2. The summed E-state index contributed by atoms with van der Waals surface area (Å²) in [5.41, 5.74) is 3.47. The van der Waals surface area contributed by atoms with Gasteiger partial charge in [-0.2, -0.15) is 15.3 Å². The quantitative estimate of drug-likeness (QED) is 0.896. The Hall–Kier alpha value is -2.44. The van der Waals surface area contributed by atoms with Crippen LogP contribution in [0.5, 0.6) is 0 Å². The van der Waals surface area contributed by atoms with E-state index >= 15 is 0 Å². The highest BCUT2D eigenvalue weighted by atomic mass is 16.2. The maximum atomic E-state index is 11.9. The molecule has 3 rings (SSSR count). The average molecular weight is 286 g/mol. The summed E-state index contributed by atoms with van der Waals surface area (Å²) in [6, 6.07) is 3.52. The van der Waals surface area contributed by atoms with Crippen LogP contribution in [0.4, 0.5) is 10.5 Å². The van der Waals surface area contributed by atoms with E-state index in [0.717, 1.165) is 11.4 Å². The Balaban J connectivity index is 1.57. The summed E-state index contributed by atoms with van der Waals surface area (Å²) in [7, 11) is 1.90. The minimum Gasteiger partial charge on any atom is -0.332 e. The Morgan fingerprint density at radius 3 is 3.00 bits per heavy atom. The molecule has 2 N–H and O–H groups in total. The molecule has 110 valence electrons. The zero-order chi connectivity index (χ0) is 14.8. The van der Waals surface area contributed by atoms with Crippen molar-refractivity contribution in [1.29, 1.82) is 0 Å². The molecule has 0 spiro atoms. The Morgan fingerprint density at radius 2 is 2.29 bits per heavy atom. The predicted molar refractivity (Wildman–Crippen MR) is 77.8 cm³/mol. The second-order valence-corrected chi connectivity index (χ2v) is 5.30. The molecule has 2 aromatic rings. The topological polar surface area (TPSA) is 84.7 Å². The lowest BCUT2D eigenvalue weighted by atomic mass is 10.2. The van der Waals surface area contributed by atoms with Crippen molar-refractivity contribution in [2.24, 2.45) is 7.05 Å². The van der Waals surface area contributed by atoms with Crippen LogP contribution in [0, 0.1) is 6.92 Å². The SMILES string of the molecule is Cc1nnccc1NC(=O)NCc1cc(C2CC2)nn1C. The molecule has 0 aromatic carbocycles. The average Bonchev–Trinajstić information content (AvgIpc) is 3.24. The van der Waals surface area contributed by atoms with E-state index in [9.17, 15) is 4.79 Å². The molecule has 7 heteroatoms. The lowest BCUT2D eigenvalue weighted by Gasteiger charge is -2.08. The molecule has 2 heterocycles. The van der Waals surface area contributed by atoms with Crippen molar-refractivity contribution < 1.29 is 4.79 Å². The number of nitrogens with one attached hydrogen (secondary N) is 2. The molecule has 21 heavy (non-hydrogen) atoms. The fourth-order valence-corrected chi connectivity index (χ4v) is 2.15. The number of hydrogen-bond donors (Lipinski definition) is 2. The van der Waals surface area contributed by atoms with Crippen LogP contribution in [0.1, 0.15) is 35.8 Å². The first kappa shape index (κ1) is 13.5. The van der Waals surface area contributed by atoms with Gasteiger partial charge in [0.2, 0.25) is 0 Å². The fourth-order valence-electron chi connectivity index (χ4n) is 2.15. The maximum Gasteiger partial charge on any atom is 0.319 e. The van der Waals surface area contributed by atoms with Gasteiger partial charge in [0.15, 0.2) is 0 Å². The first-order valence-corrected chi connectivity index (χ1v) is 6.99. The largest absolute Gasteiger partial charge is 0.332 e. The highest BCUT2D eigenvalue weighted by molar-refractivity contribution is 5.89. The minimum atomic E-state index is -0.264. The molecule has 0 atom stereocenters. The molecule has 1 fully saturated rings. The smallest absolute Gasteiger partial charge is 0.319 e. The van der Waals surface area contributed by atoms with E-state index in [1.807, 2.05) is 11.7 Å². The van der Waals surface area contributed by atoms with Crippen molar-refractivity contribution in [2.75, 3.05) is 5.32 Å². The molecule has 7 nitrogen and oxygen atoms in total. The van der Waals surface area contributed by atoms with Crippen LogP contribution in [0.15, 0.2) is 18.3 Å². The Labute approximate surface area is 122 Å². The molecule has 0 saturated heterocycles. The zero-order valence-electron chi connectivity index (χ0n) is 12.1. The molecule has 2 amide bonds. The third-order valence-electron chi connectivity index (χ3n) is 3.57. The number of carbonyl (C=O) groups is 1. The van der Waals surface area contributed by atoms with E-state index in [2.05, 4.69) is 32.0 Å². The molecule has 0 bridgehead atoms. The van der Waals surface area contributed by atoms with Gasteiger partial charge in [-0.15, -0.1) is 0 Å². The second-order valence-electron chi connectivity index (χ2n) is 5.30. The molecule has 1 aliphatic rings. The number of hydrogen-bond acceptors (Lipinski definition) is 4. The summed E-state index contributed by atoms with van der Waals surface area (Å²) in [5, 5.41) is 17.7. The Kier molecular flexibility index (Phi) is 3.55. The van der Waals surface area contributed by atoms with E-state index < -0.39 is 0 Å². The van der Waals surface area contributed by atoms with E-state index in [0.29, 0.717) is 23.8 Å². The van der Waals surface area contributed by atoms with Gasteiger partial charge in [0.25, 0.3) is 0 Å². The first-order chi connectivity index (χ1) is 10.1. The number of urea groups is 1. The zero-order valence-corrected chi connectivity index (χ0v) is 12.1. The predicted octanol–water partition coefficient (Wildman–Crippen LogP) is 1.72. The van der Waals surface area contributed by atoms with Crippen molar-refractivity contribution >= 4 is 11.7 Å². The molecule has 1 saturated carbocycles. The summed E-state index contributed by atoms with van der Waals surface area (Å²) >= 11 is 0. The van der Waals surface area contributed by atoms with Gasteiger partial charge in [-0.3, -0.25) is 4.68 Å². The lowest BCUT2D eigenvalue weighted by molar-refractivity contribution is 0.251. The van der Waals surface area contributed by atoms with Crippen molar-refractivity contribution in [3.63, 3.8) is 0 Å². The monoisotopic (exact) mass is 286 g/mol. The van der Waals surface area contributed by atoms with Crippen molar-refractivity contribution in [3.05, 3.63) is 35.4 Å². The Morgan fingerprint density at radius 1 is 1.48 bits per heavy atom. The van der Waals surface area contributed by atoms with Crippen LogP contribution in [0.2, 0.25) is 0 Å². The highest BCUT2D eigenvalue weighted by Crippen LogP contribution is 2.39. The number of aromatic nitrogens is 4. The molecule has 0 unspecified atom stereocenters. The summed E-state index contributed by atoms with van der Waals surface area (Å²) in [6.07, 6.45) is 3.99. The van der Waals surface area contributed by atoms with Gasteiger partial charge in [0, 0.05) is 13.0 Å². The third kappa shape index (κ3) is 3.18. The number of nitrogens with zero attached hydrogens (tertiary/aromatic N) is 4. The van der Waals surface area contributed by atoms with Crippen molar-refractivity contribution in [3.8, 4) is 0 Å². The number of amides is 2. The van der Waals surface area contributed by atoms with Crippen LogP contribution in [-0.2, 0) is 13.6 Å². The molecular formula is C14H18N6O. The Bertz CT molecular complexity index is 661. The molecular weight excluding hydrogens is 268 g/mol. The summed E-state index contributed by atoms with van der Waals surface area (Å²) in [4.78, 5) is 11.9.